The van der Waals surface area contributed by atoms with E-state index in [4.69, 9.17) is 5.26 Å². The van der Waals surface area contributed by atoms with Gasteiger partial charge in [0.2, 0.25) is 0 Å². The summed E-state index contributed by atoms with van der Waals surface area (Å²) in [4.78, 5) is 0. The molecular weight excluding hydrogens is 323 g/mol. The lowest BCUT2D eigenvalue weighted by atomic mass is 10.1. The van der Waals surface area contributed by atoms with E-state index in [1.807, 2.05) is 27.0 Å². The van der Waals surface area contributed by atoms with Gasteiger partial charge in [0.25, 0.3) is 0 Å². The molecular formula is C14H14BrFN4. The number of nitrogens with zero attached hydrogens (tertiary/aromatic N) is 3. The lowest BCUT2D eigenvalue weighted by molar-refractivity contribution is 0.623. The van der Waals surface area contributed by atoms with Gasteiger partial charge in [0.1, 0.15) is 6.07 Å². The molecule has 0 aliphatic heterocycles. The van der Waals surface area contributed by atoms with E-state index in [9.17, 15) is 4.39 Å². The van der Waals surface area contributed by atoms with Crippen LogP contribution in [0.5, 0.6) is 0 Å². The van der Waals surface area contributed by atoms with Crippen LogP contribution in [0.15, 0.2) is 16.6 Å². The first-order valence-corrected chi connectivity index (χ1v) is 6.86. The average Bonchev–Trinajstić information content (AvgIpc) is 2.66. The third-order valence-electron chi connectivity index (χ3n) is 3.32. The number of hydrogen-bond donors (Lipinski definition) is 1. The summed E-state index contributed by atoms with van der Waals surface area (Å²) in [5, 5.41) is 16.2. The molecule has 104 valence electrons. The van der Waals surface area contributed by atoms with Crippen molar-refractivity contribution >= 4 is 21.6 Å². The summed E-state index contributed by atoms with van der Waals surface area (Å²) in [5.41, 5.74) is 3.65. The summed E-state index contributed by atoms with van der Waals surface area (Å²) in [6, 6.07) is 5.08. The van der Waals surface area contributed by atoms with Crippen molar-refractivity contribution in [2.24, 2.45) is 7.05 Å². The van der Waals surface area contributed by atoms with Crippen molar-refractivity contribution in [2.45, 2.75) is 20.4 Å². The van der Waals surface area contributed by atoms with Gasteiger partial charge in [0.05, 0.1) is 21.4 Å². The van der Waals surface area contributed by atoms with Crippen LogP contribution in [0.2, 0.25) is 0 Å². The van der Waals surface area contributed by atoms with Crippen molar-refractivity contribution in [1.29, 1.82) is 5.26 Å². The zero-order valence-electron chi connectivity index (χ0n) is 11.5. The van der Waals surface area contributed by atoms with Crippen LogP contribution in [0.4, 0.5) is 10.1 Å². The van der Waals surface area contributed by atoms with E-state index in [-0.39, 0.29) is 10.0 Å². The normalized spacial score (nSPS) is 10.4. The van der Waals surface area contributed by atoms with Crippen molar-refractivity contribution in [1.82, 2.24) is 9.78 Å². The second-order valence-corrected chi connectivity index (χ2v) is 5.32. The number of rotatable bonds is 3. The Kier molecular flexibility index (Phi) is 4.09. The first kappa shape index (κ1) is 14.5. The largest absolute Gasteiger partial charge is 0.378 e. The Labute approximate surface area is 125 Å². The second-order valence-electron chi connectivity index (χ2n) is 4.53. The fraction of sp³-hybridized carbons (Fsp3) is 0.286. The molecule has 0 fully saturated rings. The highest BCUT2D eigenvalue weighted by molar-refractivity contribution is 9.10. The monoisotopic (exact) mass is 336 g/mol. The Balaban J connectivity index is 2.24. The van der Waals surface area contributed by atoms with Crippen LogP contribution < -0.4 is 5.32 Å². The van der Waals surface area contributed by atoms with Gasteiger partial charge in [0, 0.05) is 24.8 Å². The summed E-state index contributed by atoms with van der Waals surface area (Å²) in [5.74, 6) is -0.455. The highest BCUT2D eigenvalue weighted by Gasteiger charge is 2.13. The molecule has 0 aliphatic carbocycles. The summed E-state index contributed by atoms with van der Waals surface area (Å²) in [7, 11) is 1.88. The Morgan fingerprint density at radius 3 is 2.70 bits per heavy atom. The maximum Gasteiger partial charge on any atom is 0.161 e. The Bertz CT molecular complexity index is 700. The summed E-state index contributed by atoms with van der Waals surface area (Å²) in [6.45, 7) is 4.39. The SMILES string of the molecule is Cc1nn(C)c(C)c1CNc1ccc(C#N)c(Br)c1F. The van der Waals surface area contributed by atoms with Crippen LogP contribution in [0.3, 0.4) is 0 Å². The molecule has 0 unspecified atom stereocenters. The number of aryl methyl sites for hydroxylation is 2. The standard InChI is InChI=1S/C14H14BrFN4/c1-8-11(9(2)20(3)19-8)7-18-12-5-4-10(6-17)13(15)14(12)16/h4-5,18H,7H2,1-3H3. The number of nitriles is 1. The summed E-state index contributed by atoms with van der Waals surface area (Å²) in [6.07, 6.45) is 0. The van der Waals surface area contributed by atoms with Gasteiger partial charge in [-0.05, 0) is 41.9 Å². The molecule has 0 spiro atoms. The van der Waals surface area contributed by atoms with Gasteiger partial charge >= 0.3 is 0 Å². The molecule has 0 bridgehead atoms. The van der Waals surface area contributed by atoms with Gasteiger partial charge in [-0.2, -0.15) is 10.4 Å². The molecule has 0 atom stereocenters. The molecule has 1 aromatic carbocycles. The van der Waals surface area contributed by atoms with Gasteiger partial charge in [-0.15, -0.1) is 0 Å². The number of halogens is 2. The third-order valence-corrected chi connectivity index (χ3v) is 4.09. The number of hydrogen-bond acceptors (Lipinski definition) is 3. The van der Waals surface area contributed by atoms with Gasteiger partial charge < -0.3 is 5.32 Å². The molecule has 20 heavy (non-hydrogen) atoms. The molecule has 2 rings (SSSR count). The zero-order valence-corrected chi connectivity index (χ0v) is 13.0. The van der Waals surface area contributed by atoms with E-state index >= 15 is 0 Å². The molecule has 0 amide bonds. The molecule has 0 saturated carbocycles. The van der Waals surface area contributed by atoms with E-state index in [2.05, 4.69) is 26.3 Å². The smallest absolute Gasteiger partial charge is 0.161 e. The van der Waals surface area contributed by atoms with Crippen LogP contribution in [0, 0.1) is 31.0 Å². The highest BCUT2D eigenvalue weighted by Crippen LogP contribution is 2.27. The molecule has 6 heteroatoms. The molecule has 0 radical (unpaired) electrons. The van der Waals surface area contributed by atoms with E-state index in [0.717, 1.165) is 17.0 Å². The quantitative estimate of drug-likeness (QED) is 0.934. The Morgan fingerprint density at radius 1 is 1.45 bits per heavy atom. The Hall–Kier alpha value is -1.87. The molecule has 0 aliphatic rings. The van der Waals surface area contributed by atoms with Crippen LogP contribution in [0.25, 0.3) is 0 Å². The first-order chi connectivity index (χ1) is 9.45. The molecule has 1 heterocycles. The number of nitrogens with one attached hydrogen (secondary N) is 1. The van der Waals surface area contributed by atoms with Crippen molar-refractivity contribution < 1.29 is 4.39 Å². The van der Waals surface area contributed by atoms with E-state index in [0.29, 0.717) is 12.2 Å². The highest BCUT2D eigenvalue weighted by atomic mass is 79.9. The van der Waals surface area contributed by atoms with Crippen LogP contribution in [-0.4, -0.2) is 9.78 Å². The van der Waals surface area contributed by atoms with E-state index in [1.54, 1.807) is 16.8 Å². The minimum absolute atomic E-state index is 0.185. The molecule has 2 aromatic rings. The number of anilines is 1. The van der Waals surface area contributed by atoms with E-state index in [1.165, 1.54) is 0 Å². The number of benzene rings is 1. The van der Waals surface area contributed by atoms with Crippen molar-refractivity contribution in [3.05, 3.63) is 44.9 Å². The van der Waals surface area contributed by atoms with Gasteiger partial charge in [0.15, 0.2) is 5.82 Å². The lowest BCUT2D eigenvalue weighted by Gasteiger charge is -2.09. The minimum atomic E-state index is -0.455. The van der Waals surface area contributed by atoms with Crippen LogP contribution >= 0.6 is 15.9 Å². The summed E-state index contributed by atoms with van der Waals surface area (Å²) >= 11 is 3.10. The van der Waals surface area contributed by atoms with Gasteiger partial charge in [-0.1, -0.05) is 0 Å². The van der Waals surface area contributed by atoms with Crippen LogP contribution in [0.1, 0.15) is 22.5 Å². The van der Waals surface area contributed by atoms with Crippen molar-refractivity contribution in [3.63, 3.8) is 0 Å². The van der Waals surface area contributed by atoms with Gasteiger partial charge in [-0.25, -0.2) is 4.39 Å². The maximum atomic E-state index is 14.1. The predicted molar refractivity (Wildman–Crippen MR) is 78.8 cm³/mol. The topological polar surface area (TPSA) is 53.6 Å². The molecule has 4 nitrogen and oxygen atoms in total. The molecule has 1 N–H and O–H groups in total. The minimum Gasteiger partial charge on any atom is -0.378 e. The second kappa shape index (κ2) is 5.63. The Morgan fingerprint density at radius 2 is 2.15 bits per heavy atom. The number of aromatic nitrogens is 2. The van der Waals surface area contributed by atoms with E-state index < -0.39 is 5.82 Å². The fourth-order valence-electron chi connectivity index (χ4n) is 2.03. The van der Waals surface area contributed by atoms with Crippen molar-refractivity contribution in [2.75, 3.05) is 5.32 Å². The fourth-order valence-corrected chi connectivity index (χ4v) is 2.46. The van der Waals surface area contributed by atoms with Crippen LogP contribution in [-0.2, 0) is 13.6 Å². The maximum absolute atomic E-state index is 14.1. The summed E-state index contributed by atoms with van der Waals surface area (Å²) < 4.78 is 16.1. The van der Waals surface area contributed by atoms with Crippen molar-refractivity contribution in [3.8, 4) is 6.07 Å². The average molecular weight is 337 g/mol. The molecule has 0 saturated heterocycles. The molecule has 1 aromatic heterocycles. The third kappa shape index (κ3) is 2.54. The predicted octanol–water partition coefficient (Wildman–Crippen LogP) is 3.42. The van der Waals surface area contributed by atoms with Gasteiger partial charge in [-0.3, -0.25) is 4.68 Å². The first-order valence-electron chi connectivity index (χ1n) is 6.06. The lowest BCUT2D eigenvalue weighted by Crippen LogP contribution is -2.04. The zero-order chi connectivity index (χ0) is 14.9.